The molecule has 27 heavy (non-hydrogen) atoms. The van der Waals surface area contributed by atoms with Crippen LogP contribution in [-0.4, -0.2) is 44.6 Å². The van der Waals surface area contributed by atoms with Gasteiger partial charge in [0.05, 0.1) is 6.54 Å². The highest BCUT2D eigenvalue weighted by Crippen LogP contribution is 2.16. The number of hydrogen-bond acceptors (Lipinski definition) is 3. The van der Waals surface area contributed by atoms with E-state index in [9.17, 15) is 4.79 Å². The molecule has 0 spiro atoms. The van der Waals surface area contributed by atoms with Gasteiger partial charge in [0.15, 0.2) is 5.96 Å². The van der Waals surface area contributed by atoms with Crippen LogP contribution in [0.15, 0.2) is 29.3 Å². The first kappa shape index (κ1) is 23.5. The van der Waals surface area contributed by atoms with Crippen molar-refractivity contribution in [3.63, 3.8) is 0 Å². The van der Waals surface area contributed by atoms with Gasteiger partial charge in [-0.25, -0.2) is 0 Å². The highest BCUT2D eigenvalue weighted by atomic mass is 127. The first-order valence-corrected chi connectivity index (χ1v) is 9.55. The van der Waals surface area contributed by atoms with Gasteiger partial charge in [-0.2, -0.15) is 0 Å². The number of carbonyl (C=O) groups excluding carboxylic acids is 1. The normalized spacial score (nSPS) is 15.8. The Morgan fingerprint density at radius 2 is 1.93 bits per heavy atom. The molecule has 0 radical (unpaired) electrons. The fourth-order valence-corrected chi connectivity index (χ4v) is 2.95. The number of anilines is 1. The largest absolute Gasteiger partial charge is 0.360 e. The fourth-order valence-electron chi connectivity index (χ4n) is 2.95. The molecule has 1 amide bonds. The van der Waals surface area contributed by atoms with E-state index in [1.165, 1.54) is 12.0 Å². The van der Waals surface area contributed by atoms with Crippen LogP contribution in [0.2, 0.25) is 0 Å². The number of hydrogen-bond donors (Lipinski definition) is 3. The summed E-state index contributed by atoms with van der Waals surface area (Å²) in [5.41, 5.74) is 2.28. The van der Waals surface area contributed by atoms with Gasteiger partial charge in [-0.05, 0) is 43.4 Å². The predicted molar refractivity (Wildman–Crippen MR) is 124 cm³/mol. The van der Waals surface area contributed by atoms with Crippen LogP contribution < -0.4 is 20.9 Å². The molecule has 1 aliphatic heterocycles. The van der Waals surface area contributed by atoms with Crippen molar-refractivity contribution in [2.45, 2.75) is 46.2 Å². The van der Waals surface area contributed by atoms with Crippen LogP contribution in [0.5, 0.6) is 0 Å². The zero-order valence-corrected chi connectivity index (χ0v) is 19.2. The molecular formula is C20H34IN5O. The Hall–Kier alpha value is -1.51. The highest BCUT2D eigenvalue weighted by Gasteiger charge is 2.16. The smallest absolute Gasteiger partial charge is 0.239 e. The van der Waals surface area contributed by atoms with Gasteiger partial charge in [0.1, 0.15) is 0 Å². The number of benzene rings is 1. The van der Waals surface area contributed by atoms with Gasteiger partial charge in [-0.15, -0.1) is 24.0 Å². The quantitative estimate of drug-likeness (QED) is 0.315. The Balaban J connectivity index is 0.00000364. The van der Waals surface area contributed by atoms with Gasteiger partial charge in [0.25, 0.3) is 0 Å². The molecule has 1 unspecified atom stereocenters. The van der Waals surface area contributed by atoms with Gasteiger partial charge in [-0.3, -0.25) is 9.79 Å². The van der Waals surface area contributed by atoms with Crippen molar-refractivity contribution in [3.05, 3.63) is 29.8 Å². The molecule has 1 aromatic carbocycles. The van der Waals surface area contributed by atoms with E-state index in [0.29, 0.717) is 19.1 Å². The van der Waals surface area contributed by atoms with E-state index in [4.69, 9.17) is 0 Å². The van der Waals surface area contributed by atoms with Crippen molar-refractivity contribution >= 4 is 41.5 Å². The summed E-state index contributed by atoms with van der Waals surface area (Å²) in [5.74, 6) is 1.64. The second-order valence-corrected chi connectivity index (χ2v) is 7.38. The first-order chi connectivity index (χ1) is 12.5. The van der Waals surface area contributed by atoms with Crippen molar-refractivity contribution in [1.29, 1.82) is 0 Å². The SMILES string of the molecule is CN=C(NCc1ccc(N2CCNC(=O)C2)cc1)NC(C)CCC(C)C.I. The zero-order chi connectivity index (χ0) is 18.9. The number of piperazine rings is 1. The van der Waals surface area contributed by atoms with E-state index < -0.39 is 0 Å². The number of nitrogens with zero attached hydrogens (tertiary/aromatic N) is 2. The Morgan fingerprint density at radius 1 is 1.22 bits per heavy atom. The number of rotatable bonds is 7. The van der Waals surface area contributed by atoms with Gasteiger partial charge >= 0.3 is 0 Å². The third-order valence-electron chi connectivity index (χ3n) is 4.58. The standard InChI is InChI=1S/C20H33N5O.HI/c1-15(2)5-6-16(3)24-20(21-4)23-13-17-7-9-18(10-8-17)25-12-11-22-19(26)14-25;/h7-10,15-16H,5-6,11-14H2,1-4H3,(H,22,26)(H2,21,23,24);1H. The molecule has 1 saturated heterocycles. The number of carbonyl (C=O) groups is 1. The lowest BCUT2D eigenvalue weighted by Crippen LogP contribution is -2.47. The lowest BCUT2D eigenvalue weighted by Gasteiger charge is -2.28. The molecule has 152 valence electrons. The van der Waals surface area contributed by atoms with Crippen LogP contribution in [0.25, 0.3) is 0 Å². The Kier molecular flexibility index (Phi) is 10.5. The van der Waals surface area contributed by atoms with E-state index in [1.807, 2.05) is 0 Å². The molecule has 1 aliphatic rings. The molecule has 0 aliphatic carbocycles. The minimum Gasteiger partial charge on any atom is -0.360 e. The van der Waals surface area contributed by atoms with Gasteiger partial charge in [0, 0.05) is 38.4 Å². The summed E-state index contributed by atoms with van der Waals surface area (Å²) in [6.07, 6.45) is 2.34. The van der Waals surface area contributed by atoms with Crippen molar-refractivity contribution in [3.8, 4) is 0 Å². The third kappa shape index (κ3) is 8.36. The number of amides is 1. The Labute approximate surface area is 180 Å². The molecule has 6 nitrogen and oxygen atoms in total. The maximum Gasteiger partial charge on any atom is 0.239 e. The minimum atomic E-state index is 0. The molecule has 0 aromatic heterocycles. The van der Waals surface area contributed by atoms with Crippen LogP contribution in [-0.2, 0) is 11.3 Å². The summed E-state index contributed by atoms with van der Waals surface area (Å²) in [5, 5.41) is 9.67. The van der Waals surface area contributed by atoms with Crippen molar-refractivity contribution in [1.82, 2.24) is 16.0 Å². The average molecular weight is 487 g/mol. The van der Waals surface area contributed by atoms with Crippen molar-refractivity contribution in [2.75, 3.05) is 31.6 Å². The molecule has 0 bridgehead atoms. The van der Waals surface area contributed by atoms with Gasteiger partial charge < -0.3 is 20.9 Å². The maximum absolute atomic E-state index is 11.5. The van der Waals surface area contributed by atoms with Crippen molar-refractivity contribution in [2.24, 2.45) is 10.9 Å². The predicted octanol–water partition coefficient (Wildman–Crippen LogP) is 2.73. The Bertz CT molecular complexity index is 603. The van der Waals surface area contributed by atoms with Crippen LogP contribution in [0, 0.1) is 5.92 Å². The molecule has 1 aromatic rings. The van der Waals surface area contributed by atoms with E-state index in [0.717, 1.165) is 37.1 Å². The topological polar surface area (TPSA) is 68.8 Å². The van der Waals surface area contributed by atoms with E-state index in [1.54, 1.807) is 7.05 Å². The summed E-state index contributed by atoms with van der Waals surface area (Å²) in [4.78, 5) is 17.9. The summed E-state index contributed by atoms with van der Waals surface area (Å²) >= 11 is 0. The number of aliphatic imine (C=N–C) groups is 1. The molecule has 1 atom stereocenters. The van der Waals surface area contributed by atoms with Gasteiger partial charge in [-0.1, -0.05) is 26.0 Å². The van der Waals surface area contributed by atoms with Crippen LogP contribution in [0.3, 0.4) is 0 Å². The monoisotopic (exact) mass is 487 g/mol. The zero-order valence-electron chi connectivity index (χ0n) is 16.9. The number of guanidine groups is 1. The second-order valence-electron chi connectivity index (χ2n) is 7.38. The second kappa shape index (κ2) is 12.0. The summed E-state index contributed by atoms with van der Waals surface area (Å²) in [7, 11) is 1.80. The van der Waals surface area contributed by atoms with E-state index >= 15 is 0 Å². The molecule has 2 rings (SSSR count). The van der Waals surface area contributed by atoms with E-state index in [-0.39, 0.29) is 29.9 Å². The summed E-state index contributed by atoms with van der Waals surface area (Å²) in [6.45, 7) is 9.41. The lowest BCUT2D eigenvalue weighted by atomic mass is 10.0. The van der Waals surface area contributed by atoms with Gasteiger partial charge in [0.2, 0.25) is 5.91 Å². The number of nitrogens with one attached hydrogen (secondary N) is 3. The molecule has 7 heteroatoms. The summed E-state index contributed by atoms with van der Waals surface area (Å²) < 4.78 is 0. The average Bonchev–Trinajstić information content (AvgIpc) is 2.64. The molecule has 1 fully saturated rings. The first-order valence-electron chi connectivity index (χ1n) is 9.55. The maximum atomic E-state index is 11.5. The molecule has 0 saturated carbocycles. The van der Waals surface area contributed by atoms with Crippen LogP contribution in [0.4, 0.5) is 5.69 Å². The number of halogens is 1. The van der Waals surface area contributed by atoms with Crippen molar-refractivity contribution < 1.29 is 4.79 Å². The third-order valence-corrected chi connectivity index (χ3v) is 4.58. The van der Waals surface area contributed by atoms with E-state index in [2.05, 4.69) is 70.9 Å². The minimum absolute atomic E-state index is 0. The lowest BCUT2D eigenvalue weighted by molar-refractivity contribution is -0.120. The summed E-state index contributed by atoms with van der Waals surface area (Å²) in [6, 6.07) is 8.76. The van der Waals surface area contributed by atoms with Crippen LogP contribution in [0.1, 0.15) is 39.2 Å². The fraction of sp³-hybridized carbons (Fsp3) is 0.600. The highest BCUT2D eigenvalue weighted by molar-refractivity contribution is 14.0. The van der Waals surface area contributed by atoms with Crippen LogP contribution >= 0.6 is 24.0 Å². The molecular weight excluding hydrogens is 453 g/mol. The molecule has 1 heterocycles. The Morgan fingerprint density at radius 3 is 2.52 bits per heavy atom. The molecule has 3 N–H and O–H groups in total.